The molecule has 0 saturated carbocycles. The van der Waals surface area contributed by atoms with Crippen molar-refractivity contribution in [2.75, 3.05) is 6.54 Å². The minimum Gasteiger partial charge on any atom is -0.465 e. The van der Waals surface area contributed by atoms with Crippen molar-refractivity contribution in [2.24, 2.45) is 7.05 Å². The summed E-state index contributed by atoms with van der Waals surface area (Å²) < 4.78 is 40.1. The summed E-state index contributed by atoms with van der Waals surface area (Å²) in [6.45, 7) is -0.175. The van der Waals surface area contributed by atoms with Crippen LogP contribution >= 0.6 is 0 Å². The maximum Gasteiger partial charge on any atom is 0.414 e. The Bertz CT molecular complexity index is 455. The normalized spacial score (nSPS) is 20.2. The molecule has 0 spiro atoms. The summed E-state index contributed by atoms with van der Waals surface area (Å²) in [5.74, 6) is 0. The third kappa shape index (κ3) is 1.83. The van der Waals surface area contributed by atoms with Gasteiger partial charge in [-0.05, 0) is 0 Å². The second-order valence-electron chi connectivity index (χ2n) is 3.86. The fraction of sp³-hybridized carbons (Fsp3) is 0.556. The van der Waals surface area contributed by atoms with Crippen LogP contribution in [-0.4, -0.2) is 38.4 Å². The van der Waals surface area contributed by atoms with E-state index in [4.69, 9.17) is 5.11 Å². The van der Waals surface area contributed by atoms with E-state index in [0.29, 0.717) is 10.6 Å². The standard InChI is InChI=1S/C9H10F3N3O2/c1-14-4-13-6-5(14)2-3-15(8(16)17)7(6)9(10,11)12/h4,7H,2-3H2,1H3,(H,16,17). The highest BCUT2D eigenvalue weighted by Gasteiger charge is 2.51. The molecule has 1 aliphatic rings. The number of aryl methyl sites for hydroxylation is 1. The van der Waals surface area contributed by atoms with Crippen LogP contribution in [0.25, 0.3) is 0 Å². The van der Waals surface area contributed by atoms with Crippen LogP contribution in [0.2, 0.25) is 0 Å². The molecule has 1 unspecified atom stereocenters. The van der Waals surface area contributed by atoms with Crippen LogP contribution in [0.5, 0.6) is 0 Å². The van der Waals surface area contributed by atoms with E-state index >= 15 is 0 Å². The third-order valence-corrected chi connectivity index (χ3v) is 2.81. The number of imidazole rings is 1. The highest BCUT2D eigenvalue weighted by atomic mass is 19.4. The highest BCUT2D eigenvalue weighted by molar-refractivity contribution is 5.66. The molecule has 94 valence electrons. The number of alkyl halides is 3. The molecule has 1 aliphatic heterocycles. The molecule has 17 heavy (non-hydrogen) atoms. The van der Waals surface area contributed by atoms with Crippen LogP contribution in [0.15, 0.2) is 6.33 Å². The SMILES string of the molecule is Cn1cnc2c1CCN(C(=O)O)C2C(F)(F)F. The predicted octanol–water partition coefficient (Wildman–Crippen LogP) is 1.56. The van der Waals surface area contributed by atoms with Gasteiger partial charge >= 0.3 is 12.3 Å². The first-order chi connectivity index (χ1) is 7.82. The minimum atomic E-state index is -4.65. The molecule has 2 rings (SSSR count). The lowest BCUT2D eigenvalue weighted by molar-refractivity contribution is -0.183. The number of carboxylic acid groups (broad SMARTS) is 1. The smallest absolute Gasteiger partial charge is 0.414 e. The molecule has 8 heteroatoms. The summed E-state index contributed by atoms with van der Waals surface area (Å²) in [4.78, 5) is 14.9. The van der Waals surface area contributed by atoms with Gasteiger partial charge in [0, 0.05) is 25.7 Å². The number of aromatic nitrogens is 2. The van der Waals surface area contributed by atoms with E-state index in [1.165, 1.54) is 10.9 Å². The quantitative estimate of drug-likeness (QED) is 0.759. The molecular formula is C9H10F3N3O2. The van der Waals surface area contributed by atoms with Gasteiger partial charge in [0.05, 0.1) is 12.0 Å². The van der Waals surface area contributed by atoms with Crippen molar-refractivity contribution < 1.29 is 23.1 Å². The van der Waals surface area contributed by atoms with Gasteiger partial charge in [-0.2, -0.15) is 13.2 Å². The van der Waals surface area contributed by atoms with Gasteiger partial charge in [-0.1, -0.05) is 0 Å². The van der Waals surface area contributed by atoms with Crippen molar-refractivity contribution in [3.63, 3.8) is 0 Å². The van der Waals surface area contributed by atoms with Crippen molar-refractivity contribution in [1.29, 1.82) is 0 Å². The fourth-order valence-corrected chi connectivity index (χ4v) is 2.05. The van der Waals surface area contributed by atoms with Gasteiger partial charge < -0.3 is 9.67 Å². The zero-order valence-electron chi connectivity index (χ0n) is 8.90. The van der Waals surface area contributed by atoms with Gasteiger partial charge in [0.2, 0.25) is 0 Å². The molecular weight excluding hydrogens is 239 g/mol. The molecule has 0 radical (unpaired) electrons. The molecule has 5 nitrogen and oxygen atoms in total. The summed E-state index contributed by atoms with van der Waals surface area (Å²) in [6, 6.07) is -2.16. The average molecular weight is 249 g/mol. The van der Waals surface area contributed by atoms with E-state index in [9.17, 15) is 18.0 Å². The summed E-state index contributed by atoms with van der Waals surface area (Å²) in [5.41, 5.74) is 0.221. The van der Waals surface area contributed by atoms with E-state index in [1.54, 1.807) is 7.05 Å². The van der Waals surface area contributed by atoms with Gasteiger partial charge in [-0.25, -0.2) is 9.78 Å². The summed E-state index contributed by atoms with van der Waals surface area (Å²) in [7, 11) is 1.59. The zero-order chi connectivity index (χ0) is 12.8. The third-order valence-electron chi connectivity index (χ3n) is 2.81. The Hall–Kier alpha value is -1.73. The molecule has 0 bridgehead atoms. The van der Waals surface area contributed by atoms with Gasteiger partial charge in [-0.3, -0.25) is 4.90 Å². The van der Waals surface area contributed by atoms with Gasteiger partial charge in [-0.15, -0.1) is 0 Å². The number of amides is 1. The van der Waals surface area contributed by atoms with E-state index in [-0.39, 0.29) is 18.7 Å². The molecule has 1 N–H and O–H groups in total. The van der Waals surface area contributed by atoms with Crippen LogP contribution < -0.4 is 0 Å². The summed E-state index contributed by atoms with van der Waals surface area (Å²) >= 11 is 0. The monoisotopic (exact) mass is 249 g/mol. The molecule has 1 aromatic rings. The van der Waals surface area contributed by atoms with Crippen LogP contribution in [-0.2, 0) is 13.5 Å². The molecule has 0 fully saturated rings. The average Bonchev–Trinajstić information content (AvgIpc) is 2.57. The molecule has 1 amide bonds. The molecule has 0 aliphatic carbocycles. The number of hydrogen-bond donors (Lipinski definition) is 1. The second kappa shape index (κ2) is 3.64. The van der Waals surface area contributed by atoms with Crippen molar-refractivity contribution in [2.45, 2.75) is 18.6 Å². The topological polar surface area (TPSA) is 58.4 Å². The van der Waals surface area contributed by atoms with Crippen molar-refractivity contribution in [3.05, 3.63) is 17.7 Å². The fourth-order valence-electron chi connectivity index (χ4n) is 2.05. The van der Waals surface area contributed by atoms with Crippen LogP contribution in [0.1, 0.15) is 17.4 Å². The first-order valence-electron chi connectivity index (χ1n) is 4.88. The molecule has 2 heterocycles. The van der Waals surface area contributed by atoms with E-state index in [1.807, 2.05) is 0 Å². The van der Waals surface area contributed by atoms with Crippen LogP contribution in [0, 0.1) is 0 Å². The molecule has 1 atom stereocenters. The lowest BCUT2D eigenvalue weighted by Crippen LogP contribution is -2.46. The van der Waals surface area contributed by atoms with Crippen molar-refractivity contribution >= 4 is 6.09 Å². The number of hydrogen-bond acceptors (Lipinski definition) is 2. The first-order valence-corrected chi connectivity index (χ1v) is 4.88. The number of rotatable bonds is 0. The lowest BCUT2D eigenvalue weighted by Gasteiger charge is -2.34. The number of halogens is 3. The Morgan fingerprint density at radius 3 is 2.76 bits per heavy atom. The number of carbonyl (C=O) groups is 1. The first kappa shape index (κ1) is 11.7. The largest absolute Gasteiger partial charge is 0.465 e. The molecule has 1 aromatic heterocycles. The van der Waals surface area contributed by atoms with Gasteiger partial charge in [0.15, 0.2) is 6.04 Å². The van der Waals surface area contributed by atoms with Crippen LogP contribution in [0.4, 0.5) is 18.0 Å². The van der Waals surface area contributed by atoms with Gasteiger partial charge in [0.25, 0.3) is 0 Å². The Labute approximate surface area is 94.5 Å². The lowest BCUT2D eigenvalue weighted by atomic mass is 10.0. The van der Waals surface area contributed by atoms with Crippen LogP contribution in [0.3, 0.4) is 0 Å². The maximum atomic E-state index is 12.9. The Balaban J connectivity index is 2.50. The Morgan fingerprint density at radius 1 is 1.59 bits per heavy atom. The summed E-state index contributed by atoms with van der Waals surface area (Å²) in [5, 5.41) is 8.80. The predicted molar refractivity (Wildman–Crippen MR) is 50.4 cm³/mol. The van der Waals surface area contributed by atoms with Gasteiger partial charge in [0.1, 0.15) is 0 Å². The Morgan fingerprint density at radius 2 is 2.24 bits per heavy atom. The van der Waals surface area contributed by atoms with E-state index in [0.717, 1.165) is 0 Å². The molecule has 0 aromatic carbocycles. The zero-order valence-corrected chi connectivity index (χ0v) is 8.90. The van der Waals surface area contributed by atoms with E-state index in [2.05, 4.69) is 4.98 Å². The van der Waals surface area contributed by atoms with Crippen molar-refractivity contribution in [3.8, 4) is 0 Å². The Kier molecular flexibility index (Phi) is 2.52. The molecule has 0 saturated heterocycles. The highest BCUT2D eigenvalue weighted by Crippen LogP contribution is 2.40. The minimum absolute atomic E-state index is 0.175. The van der Waals surface area contributed by atoms with E-state index < -0.39 is 18.3 Å². The second-order valence-corrected chi connectivity index (χ2v) is 3.86. The number of fused-ring (bicyclic) bond motifs is 1. The maximum absolute atomic E-state index is 12.9. The summed E-state index contributed by atoms with van der Waals surface area (Å²) in [6.07, 6.45) is -4.72. The number of nitrogens with zero attached hydrogens (tertiary/aromatic N) is 3. The van der Waals surface area contributed by atoms with Crippen molar-refractivity contribution in [1.82, 2.24) is 14.5 Å².